The van der Waals surface area contributed by atoms with Gasteiger partial charge in [0.15, 0.2) is 0 Å². The fraction of sp³-hybridized carbons (Fsp3) is 0.429. The number of hydrogen-bond acceptors (Lipinski definition) is 2. The fourth-order valence-electron chi connectivity index (χ4n) is 1.37. The lowest BCUT2D eigenvalue weighted by Gasteiger charge is -2.07. The van der Waals surface area contributed by atoms with E-state index in [1.165, 1.54) is 11.1 Å². The zero-order chi connectivity index (χ0) is 12.7. The molecule has 1 N–H and O–H groups in total. The smallest absolute Gasteiger partial charge is 0.0672 e. The molecule has 1 rings (SSSR count). The molecular weight excluding hydrogens is 278 g/mol. The van der Waals surface area contributed by atoms with Crippen LogP contribution < -0.4 is 5.32 Å². The summed E-state index contributed by atoms with van der Waals surface area (Å²) in [6, 6.07) is 6.41. The van der Waals surface area contributed by atoms with Gasteiger partial charge in [-0.05, 0) is 31.0 Å². The minimum absolute atomic E-state index is 0.651. The van der Waals surface area contributed by atoms with E-state index in [0.717, 1.165) is 29.7 Å². The third-order valence-corrected chi connectivity index (χ3v) is 3.19. The second-order valence-electron chi connectivity index (χ2n) is 4.27. The normalized spacial score (nSPS) is 10.5. The maximum absolute atomic E-state index is 5.40. The molecule has 0 radical (unpaired) electrons. The molecule has 1 aromatic carbocycles. The van der Waals surface area contributed by atoms with Crippen LogP contribution >= 0.6 is 15.9 Å². The van der Waals surface area contributed by atoms with Crippen molar-refractivity contribution in [3.8, 4) is 0 Å². The van der Waals surface area contributed by atoms with Crippen molar-refractivity contribution in [1.82, 2.24) is 5.32 Å². The van der Waals surface area contributed by atoms with E-state index < -0.39 is 0 Å². The van der Waals surface area contributed by atoms with E-state index >= 15 is 0 Å². The predicted molar refractivity (Wildman–Crippen MR) is 76.2 cm³/mol. The average molecular weight is 298 g/mol. The van der Waals surface area contributed by atoms with E-state index in [1.54, 1.807) is 0 Å². The molecule has 3 heteroatoms. The second-order valence-corrected chi connectivity index (χ2v) is 5.12. The van der Waals surface area contributed by atoms with Gasteiger partial charge in [0.2, 0.25) is 0 Å². The van der Waals surface area contributed by atoms with Gasteiger partial charge in [-0.2, -0.15) is 0 Å². The Bertz CT molecular complexity index is 376. The molecule has 0 fully saturated rings. The predicted octanol–water partition coefficient (Wildman–Crippen LogP) is 3.44. The lowest BCUT2D eigenvalue weighted by atomic mass is 10.1. The Labute approximate surface area is 112 Å². The molecule has 0 saturated heterocycles. The Morgan fingerprint density at radius 3 is 2.88 bits per heavy atom. The van der Waals surface area contributed by atoms with Crippen molar-refractivity contribution in [3.05, 3.63) is 46.0 Å². The zero-order valence-corrected chi connectivity index (χ0v) is 12.1. The van der Waals surface area contributed by atoms with Gasteiger partial charge in [0.1, 0.15) is 0 Å². The van der Waals surface area contributed by atoms with E-state index in [-0.39, 0.29) is 0 Å². The molecule has 0 bridgehead atoms. The van der Waals surface area contributed by atoms with Gasteiger partial charge >= 0.3 is 0 Å². The van der Waals surface area contributed by atoms with Crippen molar-refractivity contribution in [3.63, 3.8) is 0 Å². The quantitative estimate of drug-likeness (QED) is 0.615. The molecule has 0 atom stereocenters. The van der Waals surface area contributed by atoms with Crippen LogP contribution in [0.4, 0.5) is 0 Å². The molecule has 0 unspecified atom stereocenters. The van der Waals surface area contributed by atoms with Crippen LogP contribution in [0.2, 0.25) is 0 Å². The second kappa shape index (κ2) is 7.64. The van der Waals surface area contributed by atoms with Crippen LogP contribution in [-0.4, -0.2) is 19.8 Å². The lowest BCUT2D eigenvalue weighted by Crippen LogP contribution is -2.19. The van der Waals surface area contributed by atoms with Crippen LogP contribution in [0.5, 0.6) is 0 Å². The number of hydrogen-bond donors (Lipinski definition) is 1. The number of aryl methyl sites for hydroxylation is 1. The van der Waals surface area contributed by atoms with Gasteiger partial charge in [0.05, 0.1) is 13.2 Å². The molecule has 0 amide bonds. The first kappa shape index (κ1) is 14.4. The Hall–Kier alpha value is -0.640. The van der Waals surface area contributed by atoms with Gasteiger partial charge in [0, 0.05) is 17.6 Å². The summed E-state index contributed by atoms with van der Waals surface area (Å²) in [7, 11) is 0. The first-order chi connectivity index (χ1) is 8.09. The molecule has 2 nitrogen and oxygen atoms in total. The van der Waals surface area contributed by atoms with Gasteiger partial charge in [-0.15, -0.1) is 0 Å². The average Bonchev–Trinajstić information content (AvgIpc) is 2.27. The highest BCUT2D eigenvalue weighted by molar-refractivity contribution is 9.10. The minimum atomic E-state index is 0.651. The third kappa shape index (κ3) is 6.01. The summed E-state index contributed by atoms with van der Waals surface area (Å²) in [4.78, 5) is 0. The lowest BCUT2D eigenvalue weighted by molar-refractivity contribution is 0.158. The van der Waals surface area contributed by atoms with E-state index in [9.17, 15) is 0 Å². The highest BCUT2D eigenvalue weighted by atomic mass is 79.9. The zero-order valence-electron chi connectivity index (χ0n) is 10.6. The Morgan fingerprint density at radius 1 is 1.47 bits per heavy atom. The van der Waals surface area contributed by atoms with Crippen LogP contribution in [0.15, 0.2) is 34.8 Å². The van der Waals surface area contributed by atoms with Crippen molar-refractivity contribution < 1.29 is 4.74 Å². The molecule has 1 aromatic rings. The molecule has 94 valence electrons. The summed E-state index contributed by atoms with van der Waals surface area (Å²) in [5.41, 5.74) is 3.60. The maximum Gasteiger partial charge on any atom is 0.0672 e. The molecular formula is C14H20BrNO. The Balaban J connectivity index is 2.18. The molecule has 17 heavy (non-hydrogen) atoms. The number of ether oxygens (including phenoxy) is 1. The molecule has 0 aliphatic heterocycles. The number of benzene rings is 1. The van der Waals surface area contributed by atoms with Crippen LogP contribution in [-0.2, 0) is 11.3 Å². The highest BCUT2D eigenvalue weighted by Gasteiger charge is 1.97. The monoisotopic (exact) mass is 297 g/mol. The summed E-state index contributed by atoms with van der Waals surface area (Å²) < 4.78 is 6.57. The minimum Gasteiger partial charge on any atom is -0.376 e. The number of halogens is 1. The highest BCUT2D eigenvalue weighted by Crippen LogP contribution is 2.17. The summed E-state index contributed by atoms with van der Waals surface area (Å²) >= 11 is 3.53. The van der Waals surface area contributed by atoms with E-state index in [4.69, 9.17) is 4.74 Å². The van der Waals surface area contributed by atoms with Gasteiger partial charge in [-0.3, -0.25) is 0 Å². The fourth-order valence-corrected chi connectivity index (χ4v) is 1.80. The molecule has 0 spiro atoms. The molecule has 0 heterocycles. The summed E-state index contributed by atoms with van der Waals surface area (Å²) in [6.07, 6.45) is 0. The summed E-state index contributed by atoms with van der Waals surface area (Å²) in [5, 5.41) is 3.35. The van der Waals surface area contributed by atoms with Crippen molar-refractivity contribution in [2.75, 3.05) is 19.8 Å². The van der Waals surface area contributed by atoms with Crippen LogP contribution in [0.3, 0.4) is 0 Å². The van der Waals surface area contributed by atoms with Gasteiger partial charge in [-0.25, -0.2) is 0 Å². The number of rotatable bonds is 7. The summed E-state index contributed by atoms with van der Waals surface area (Å²) in [5.74, 6) is 0. The maximum atomic E-state index is 5.40. The van der Waals surface area contributed by atoms with E-state index in [1.807, 2.05) is 6.92 Å². The first-order valence-corrected chi connectivity index (χ1v) is 6.57. The number of nitrogens with one attached hydrogen (secondary N) is 1. The Kier molecular flexibility index (Phi) is 6.48. The largest absolute Gasteiger partial charge is 0.376 e. The van der Waals surface area contributed by atoms with E-state index in [2.05, 4.69) is 52.9 Å². The van der Waals surface area contributed by atoms with Gasteiger partial charge in [0.25, 0.3) is 0 Å². The van der Waals surface area contributed by atoms with Crippen LogP contribution in [0.25, 0.3) is 0 Å². The molecule has 0 aliphatic carbocycles. The van der Waals surface area contributed by atoms with E-state index in [0.29, 0.717) is 6.61 Å². The van der Waals surface area contributed by atoms with Gasteiger partial charge < -0.3 is 10.1 Å². The van der Waals surface area contributed by atoms with Gasteiger partial charge in [-0.1, -0.05) is 40.2 Å². The van der Waals surface area contributed by atoms with Crippen molar-refractivity contribution in [2.45, 2.75) is 20.4 Å². The Morgan fingerprint density at radius 2 is 2.24 bits per heavy atom. The topological polar surface area (TPSA) is 21.3 Å². The molecule has 0 aliphatic rings. The standard InChI is InChI=1S/C14H20BrNO/c1-11(2)10-17-7-6-16-9-13-5-4-12(3)14(15)8-13/h4-5,8,16H,1,6-7,9-10H2,2-3H3. The third-order valence-electron chi connectivity index (χ3n) is 2.34. The van der Waals surface area contributed by atoms with Crippen molar-refractivity contribution in [2.24, 2.45) is 0 Å². The SMILES string of the molecule is C=C(C)COCCNCc1ccc(C)c(Br)c1. The van der Waals surface area contributed by atoms with Crippen LogP contribution in [0.1, 0.15) is 18.1 Å². The first-order valence-electron chi connectivity index (χ1n) is 5.77. The van der Waals surface area contributed by atoms with Crippen molar-refractivity contribution >= 4 is 15.9 Å². The van der Waals surface area contributed by atoms with Crippen molar-refractivity contribution in [1.29, 1.82) is 0 Å². The molecule has 0 aromatic heterocycles. The molecule has 0 saturated carbocycles. The van der Waals surface area contributed by atoms with Crippen LogP contribution in [0, 0.1) is 6.92 Å². The summed E-state index contributed by atoms with van der Waals surface area (Å²) in [6.45, 7) is 11.0.